The fourth-order valence-corrected chi connectivity index (χ4v) is 12.5. The molecule has 4 aromatic carbocycles. The van der Waals surface area contributed by atoms with E-state index in [0.29, 0.717) is 60.3 Å². The van der Waals surface area contributed by atoms with Gasteiger partial charge in [-0.2, -0.15) is 0 Å². The molecular weight excluding hydrogens is 985 g/mol. The van der Waals surface area contributed by atoms with E-state index < -0.39 is 30.1 Å². The molecule has 2 aliphatic carbocycles. The minimum Gasteiger partial charge on any atom is -0.459 e. The first kappa shape index (κ1) is 56.8. The highest BCUT2D eigenvalue weighted by atomic mass is 16.8. The first-order valence-electron chi connectivity index (χ1n) is 29.4. The van der Waals surface area contributed by atoms with Crippen molar-refractivity contribution < 1.29 is 53.0 Å². The number of nitrogens with zero attached hydrogens (tertiary/aromatic N) is 2. The average Bonchev–Trinajstić information content (AvgIpc) is 2.89. The Balaban J connectivity index is 1.13. The van der Waals surface area contributed by atoms with Crippen LogP contribution in [-0.4, -0.2) is 84.9 Å². The molecule has 420 valence electrons. The molecule has 0 aromatic heterocycles. The Labute approximate surface area is 462 Å². The molecule has 5 aliphatic rings. The molecule has 7 atom stereocenters. The number of hydrogen-bond acceptors (Lipinski definition) is 12. The maximum absolute atomic E-state index is 15.3. The Morgan fingerprint density at radius 1 is 0.782 bits per heavy atom. The van der Waals surface area contributed by atoms with E-state index in [2.05, 4.69) is 49.9 Å². The molecule has 78 heavy (non-hydrogen) atoms. The lowest BCUT2D eigenvalue weighted by Crippen LogP contribution is -2.70. The zero-order valence-corrected chi connectivity index (χ0v) is 46.0. The highest BCUT2D eigenvalue weighted by molar-refractivity contribution is 6.03. The van der Waals surface area contributed by atoms with Gasteiger partial charge in [0, 0.05) is 44.1 Å². The highest BCUT2D eigenvalue weighted by Crippen LogP contribution is 2.62. The molecule has 1 saturated carbocycles. The Hall–Kier alpha value is -5.86. The van der Waals surface area contributed by atoms with Crippen LogP contribution in [0.2, 0.25) is 0 Å². The second-order valence-corrected chi connectivity index (χ2v) is 21.8. The number of aliphatic hydroxyl groups is 2. The number of ether oxygens (including phenoxy) is 7. The summed E-state index contributed by atoms with van der Waals surface area (Å²) in [7, 11) is 0. The van der Waals surface area contributed by atoms with Crippen LogP contribution in [0.5, 0.6) is 28.7 Å². The molecular formula is C65H84N2O11. The van der Waals surface area contributed by atoms with Gasteiger partial charge in [-0.3, -0.25) is 4.90 Å². The van der Waals surface area contributed by atoms with Gasteiger partial charge in [-0.05, 0) is 122 Å². The topological polar surface area (TPSA) is 147 Å². The number of amides is 1. The molecule has 0 spiro atoms. The Morgan fingerprint density at radius 2 is 1.50 bits per heavy atom. The van der Waals surface area contributed by atoms with Crippen LogP contribution in [0.3, 0.4) is 0 Å². The summed E-state index contributed by atoms with van der Waals surface area (Å²) in [6, 6.07) is 29.4. The van der Waals surface area contributed by atoms with Gasteiger partial charge in [0.05, 0.1) is 31.5 Å². The number of carbonyl (C=O) groups excluding carboxylic acids is 1. The molecule has 1 saturated heterocycles. The normalized spacial score (nSPS) is 23.4. The third-order valence-corrected chi connectivity index (χ3v) is 16.4. The summed E-state index contributed by atoms with van der Waals surface area (Å²) in [5, 5.41) is 25.4. The smallest absolute Gasteiger partial charge is 0.410 e. The van der Waals surface area contributed by atoms with E-state index in [1.165, 1.54) is 44.9 Å². The third-order valence-electron chi connectivity index (χ3n) is 16.4. The molecule has 2 N–H and O–H groups in total. The lowest BCUT2D eigenvalue weighted by molar-refractivity contribution is -0.256. The molecule has 9 rings (SSSR count). The first-order valence-corrected chi connectivity index (χ1v) is 29.4. The van der Waals surface area contributed by atoms with Gasteiger partial charge in [-0.15, -0.1) is 6.58 Å². The quantitative estimate of drug-likeness (QED) is 0.0292. The maximum Gasteiger partial charge on any atom is 0.410 e. The van der Waals surface area contributed by atoms with Gasteiger partial charge in [-0.25, -0.2) is 4.79 Å². The van der Waals surface area contributed by atoms with Crippen molar-refractivity contribution >= 4 is 11.8 Å². The van der Waals surface area contributed by atoms with Crippen molar-refractivity contribution in [3.05, 3.63) is 126 Å². The Kier molecular flexibility index (Phi) is 21.0. The summed E-state index contributed by atoms with van der Waals surface area (Å²) in [6.45, 7) is 7.82. The van der Waals surface area contributed by atoms with E-state index in [-0.39, 0.29) is 63.9 Å². The maximum atomic E-state index is 15.3. The van der Waals surface area contributed by atoms with Crippen molar-refractivity contribution in [3.63, 3.8) is 0 Å². The zero-order valence-electron chi connectivity index (χ0n) is 46.0. The lowest BCUT2D eigenvalue weighted by Gasteiger charge is -2.60. The predicted octanol–water partition coefficient (Wildman–Crippen LogP) is 14.6. The van der Waals surface area contributed by atoms with Gasteiger partial charge in [0.15, 0.2) is 11.5 Å². The minimum atomic E-state index is -1.49. The molecule has 3 heterocycles. The number of unbranched alkanes of at least 4 members (excludes halogenated alkanes) is 11. The number of rotatable bonds is 30. The van der Waals surface area contributed by atoms with Gasteiger partial charge in [0.1, 0.15) is 23.3 Å². The second-order valence-electron chi connectivity index (χ2n) is 21.8. The summed E-state index contributed by atoms with van der Waals surface area (Å²) in [4.78, 5) is 23.5. The number of benzene rings is 4. The fraction of sp³-hybridized carbons (Fsp3) is 0.538. The fourth-order valence-electron chi connectivity index (χ4n) is 12.5. The van der Waals surface area contributed by atoms with Gasteiger partial charge in [-0.1, -0.05) is 143 Å². The van der Waals surface area contributed by atoms with Crippen LogP contribution < -0.4 is 18.9 Å². The average molecular weight is 1070 g/mol. The molecule has 1 amide bonds. The van der Waals surface area contributed by atoms with Crippen LogP contribution in [0, 0.1) is 17.8 Å². The SMILES string of the molecule is C=CCOC12Oc3ccc(Oc4ccc(-c5ccccc5)cc4)cc3C3C(CCCCO)C(CCCCO)C=C(C(=NOC4CCCCO4)CC1N(Cc1ccc4c(c1)OCO4)C(=O)OCCCCCCCCCCCC)C32. The van der Waals surface area contributed by atoms with Crippen LogP contribution in [0.25, 0.3) is 11.1 Å². The van der Waals surface area contributed by atoms with Crippen LogP contribution in [0.15, 0.2) is 120 Å². The van der Waals surface area contributed by atoms with Gasteiger partial charge < -0.3 is 48.2 Å². The van der Waals surface area contributed by atoms with Crippen LogP contribution in [0.4, 0.5) is 4.79 Å². The van der Waals surface area contributed by atoms with E-state index >= 15 is 4.79 Å². The standard InChI is InChI=1S/C65H84N2O11/c1-3-5-6-7-8-9-10-11-12-21-40-72-64(70)67(45-47-28-34-58-59(41-47)74-46-73-58)60-44-56(66-78-61-27-18-22-39-71-61)54-42-50(25-16-19-36-68)53(26-17-20-37-69)62-55-43-52(33-35-57(55)77-65(60,63(54)62)75-38-4-2)76-51-31-29-49(30-32-51)48-23-14-13-15-24-48/h4,13-15,23-24,28-35,41-43,50,53,60-63,68-69H,2-3,5-12,16-22,25-27,36-40,44-46H2,1H3. The van der Waals surface area contributed by atoms with Crippen LogP contribution in [-0.2, 0) is 25.6 Å². The number of hydrogen-bond donors (Lipinski definition) is 2. The van der Waals surface area contributed by atoms with E-state index in [1.54, 1.807) is 11.0 Å². The highest BCUT2D eigenvalue weighted by Gasteiger charge is 2.66. The number of fused-ring (bicyclic) bond motifs is 3. The molecule has 0 bridgehead atoms. The lowest BCUT2D eigenvalue weighted by atomic mass is 9.55. The van der Waals surface area contributed by atoms with Crippen molar-refractivity contribution in [2.24, 2.45) is 22.9 Å². The van der Waals surface area contributed by atoms with Gasteiger partial charge in [0.25, 0.3) is 0 Å². The summed E-state index contributed by atoms with van der Waals surface area (Å²) in [6.07, 6.45) is 22.1. The molecule has 4 aromatic rings. The Bertz CT molecular complexity index is 2580. The molecule has 3 aliphatic heterocycles. The minimum absolute atomic E-state index is 0.0203. The van der Waals surface area contributed by atoms with E-state index in [9.17, 15) is 10.2 Å². The summed E-state index contributed by atoms with van der Waals surface area (Å²) < 4.78 is 45.7. The molecule has 13 heteroatoms. The van der Waals surface area contributed by atoms with Crippen molar-refractivity contribution in [1.82, 2.24) is 4.90 Å². The summed E-state index contributed by atoms with van der Waals surface area (Å²) >= 11 is 0. The van der Waals surface area contributed by atoms with Gasteiger partial charge >= 0.3 is 6.09 Å². The Morgan fingerprint density at radius 3 is 2.24 bits per heavy atom. The molecule has 2 fully saturated rings. The zero-order chi connectivity index (χ0) is 53.9. The van der Waals surface area contributed by atoms with E-state index in [4.69, 9.17) is 43.2 Å². The van der Waals surface area contributed by atoms with Crippen molar-refractivity contribution in [2.45, 2.75) is 166 Å². The van der Waals surface area contributed by atoms with Crippen molar-refractivity contribution in [3.8, 4) is 39.9 Å². The summed E-state index contributed by atoms with van der Waals surface area (Å²) in [5.74, 6) is 1.04. The first-order chi connectivity index (χ1) is 38.4. The van der Waals surface area contributed by atoms with Crippen molar-refractivity contribution in [1.29, 1.82) is 0 Å². The molecule has 0 radical (unpaired) electrons. The third kappa shape index (κ3) is 14.1. The largest absolute Gasteiger partial charge is 0.459 e. The number of aliphatic hydroxyl groups excluding tert-OH is 2. The van der Waals surface area contributed by atoms with E-state index in [1.807, 2.05) is 60.7 Å². The molecule has 13 nitrogen and oxygen atoms in total. The van der Waals surface area contributed by atoms with Gasteiger partial charge in [0.2, 0.25) is 18.9 Å². The molecule has 7 unspecified atom stereocenters. The van der Waals surface area contributed by atoms with E-state index in [0.717, 1.165) is 85.6 Å². The number of allylic oxidation sites excluding steroid dienone is 1. The monoisotopic (exact) mass is 1070 g/mol. The van der Waals surface area contributed by atoms with Crippen molar-refractivity contribution in [2.75, 3.05) is 39.8 Å². The van der Waals surface area contributed by atoms with Crippen LogP contribution >= 0.6 is 0 Å². The van der Waals surface area contributed by atoms with Crippen LogP contribution in [0.1, 0.15) is 152 Å². The second kappa shape index (κ2) is 28.9. The predicted molar refractivity (Wildman–Crippen MR) is 303 cm³/mol. The number of oxime groups is 1. The number of carbonyl (C=O) groups is 1. The summed E-state index contributed by atoms with van der Waals surface area (Å²) in [5.41, 5.74) is 5.64.